The summed E-state index contributed by atoms with van der Waals surface area (Å²) in [6.45, 7) is 8.48. The van der Waals surface area contributed by atoms with Crippen LogP contribution in [0.5, 0.6) is 0 Å². The summed E-state index contributed by atoms with van der Waals surface area (Å²) in [6, 6.07) is 44.3. The Hall–Kier alpha value is -5.16. The van der Waals surface area contributed by atoms with Crippen LogP contribution in [0.2, 0.25) is 5.04 Å². The number of carbonyl (C=O) groups is 2. The molecule has 0 N–H and O–H groups in total. The Morgan fingerprint density at radius 1 is 0.722 bits per heavy atom. The van der Waals surface area contributed by atoms with Crippen molar-refractivity contribution in [2.75, 3.05) is 6.61 Å². The van der Waals surface area contributed by atoms with E-state index < -0.39 is 50.0 Å². The number of aryl methyl sites for hydroxylation is 1. The molecule has 6 rings (SSSR count). The summed E-state index contributed by atoms with van der Waals surface area (Å²) < 4.78 is 26.8. The van der Waals surface area contributed by atoms with Crippen molar-refractivity contribution < 1.29 is 28.2 Å². The van der Waals surface area contributed by atoms with E-state index in [9.17, 15) is 15.1 Å². The third-order valence-corrected chi connectivity index (χ3v) is 15.6. The molecule has 276 valence electrons. The van der Waals surface area contributed by atoms with E-state index in [-0.39, 0.29) is 11.6 Å². The first-order chi connectivity index (χ1) is 26.1. The highest BCUT2D eigenvalue weighted by Crippen LogP contribution is 2.41. The fraction of sp³-hybridized carbons (Fsp3) is 0.256. The Morgan fingerprint density at radius 3 is 1.65 bits per heavy atom. The second-order valence-corrected chi connectivity index (χ2v) is 19.6. The molecule has 5 aromatic rings. The van der Waals surface area contributed by atoms with Gasteiger partial charge < -0.3 is 18.6 Å². The molecule has 0 aliphatic carbocycles. The summed E-state index contributed by atoms with van der Waals surface area (Å²) >= 11 is 1.34. The third-order valence-electron chi connectivity index (χ3n) is 9.46. The van der Waals surface area contributed by atoms with Crippen LogP contribution in [-0.4, -0.2) is 56.7 Å². The molecule has 0 spiro atoms. The van der Waals surface area contributed by atoms with Crippen LogP contribution >= 0.6 is 11.8 Å². The Morgan fingerprint density at radius 2 is 1.19 bits per heavy atom. The monoisotopic (exact) mass is 757 g/mol. The van der Waals surface area contributed by atoms with Crippen molar-refractivity contribution in [3.63, 3.8) is 0 Å². The van der Waals surface area contributed by atoms with E-state index in [0.717, 1.165) is 20.8 Å². The minimum Gasteiger partial charge on any atom is -0.454 e. The lowest BCUT2D eigenvalue weighted by Crippen LogP contribution is -2.68. The maximum atomic E-state index is 13.9. The molecule has 0 bridgehead atoms. The number of rotatable bonds is 12. The summed E-state index contributed by atoms with van der Waals surface area (Å²) in [4.78, 5) is 31.7. The van der Waals surface area contributed by atoms with Gasteiger partial charge in [0.05, 0.1) is 17.7 Å². The molecule has 1 unspecified atom stereocenters. The molecular formula is C43H43N3O6SSi. The highest BCUT2D eigenvalue weighted by atomic mass is 32.2. The van der Waals surface area contributed by atoms with Gasteiger partial charge in [0.1, 0.15) is 17.6 Å². The summed E-state index contributed by atoms with van der Waals surface area (Å²) in [5.74, 6) is -1.31. The van der Waals surface area contributed by atoms with Crippen molar-refractivity contribution in [3.8, 4) is 0 Å². The number of hydrogen-bond donors (Lipinski definition) is 0. The maximum Gasteiger partial charge on any atom is 0.338 e. The number of nitrogens with zero attached hydrogens (tertiary/aromatic N) is 3. The molecule has 1 fully saturated rings. The van der Waals surface area contributed by atoms with Crippen molar-refractivity contribution in [1.82, 2.24) is 0 Å². The highest BCUT2D eigenvalue weighted by Gasteiger charge is 2.54. The highest BCUT2D eigenvalue weighted by molar-refractivity contribution is 7.99. The molecule has 0 saturated carbocycles. The van der Waals surface area contributed by atoms with E-state index >= 15 is 0 Å². The zero-order valence-electron chi connectivity index (χ0n) is 30.6. The zero-order chi connectivity index (χ0) is 38.1. The summed E-state index contributed by atoms with van der Waals surface area (Å²) in [7, 11) is -3.13. The molecule has 5 atom stereocenters. The van der Waals surface area contributed by atoms with Gasteiger partial charge in [0, 0.05) is 9.81 Å². The Bertz CT molecular complexity index is 2000. The SMILES string of the molecule is Cc1ccc(SC2O[C@H](CO[Si](c3ccccc3)(c3ccccc3)C(C)(C)C)[C@@H](OC(=O)c3ccccc3)[C@H](OC(=O)c3ccccc3)[C@H]2N=[N+]=[N-])cc1. The molecule has 0 radical (unpaired) electrons. The number of azide groups is 1. The molecule has 0 aromatic heterocycles. The quantitative estimate of drug-likeness (QED) is 0.0412. The second-order valence-electron chi connectivity index (χ2n) is 14.1. The minimum atomic E-state index is -3.13. The van der Waals surface area contributed by atoms with Gasteiger partial charge in [-0.3, -0.25) is 0 Å². The van der Waals surface area contributed by atoms with Crippen LogP contribution in [0.3, 0.4) is 0 Å². The lowest BCUT2D eigenvalue weighted by molar-refractivity contribution is -0.167. The van der Waals surface area contributed by atoms with Crippen LogP contribution in [0.1, 0.15) is 47.1 Å². The predicted molar refractivity (Wildman–Crippen MR) is 213 cm³/mol. The molecule has 11 heteroatoms. The standard InChI is InChI=1S/C43H43N3O6SSi/c1-30-25-27-33(28-26-30)53-42-37(45-46-44)39(52-41(48)32-19-11-6-12-20-32)38(51-40(47)31-17-9-5-10-18-31)36(50-42)29-49-54(43(2,3)4,34-21-13-7-14-22-34)35-23-15-8-16-24-35/h5-28,36-39,42H,29H2,1-4H3/t36-,37-,38-,39-,42?/m1/s1. The van der Waals surface area contributed by atoms with Crippen molar-refractivity contribution in [1.29, 1.82) is 0 Å². The van der Waals surface area contributed by atoms with Crippen LogP contribution in [-0.2, 0) is 18.6 Å². The van der Waals surface area contributed by atoms with E-state index in [1.165, 1.54) is 11.8 Å². The topological polar surface area (TPSA) is 120 Å². The van der Waals surface area contributed by atoms with Gasteiger partial charge in [-0.25, -0.2) is 9.59 Å². The number of benzene rings is 5. The molecular weight excluding hydrogens is 715 g/mol. The summed E-state index contributed by atoms with van der Waals surface area (Å²) in [5, 5.41) is 5.89. The summed E-state index contributed by atoms with van der Waals surface area (Å²) in [5.41, 5.74) is 10.7. The number of carbonyl (C=O) groups excluding carboxylic acids is 2. The van der Waals surface area contributed by atoms with Crippen LogP contribution < -0.4 is 10.4 Å². The van der Waals surface area contributed by atoms with Gasteiger partial charge in [-0.15, -0.1) is 0 Å². The van der Waals surface area contributed by atoms with Gasteiger partial charge in [-0.05, 0) is 64.3 Å². The van der Waals surface area contributed by atoms with Crippen molar-refractivity contribution >= 4 is 42.4 Å². The number of esters is 2. The van der Waals surface area contributed by atoms with E-state index in [2.05, 4.69) is 55.1 Å². The van der Waals surface area contributed by atoms with Gasteiger partial charge in [0.2, 0.25) is 0 Å². The molecule has 9 nitrogen and oxygen atoms in total. The van der Waals surface area contributed by atoms with Crippen LogP contribution in [0.25, 0.3) is 10.4 Å². The molecule has 0 amide bonds. The van der Waals surface area contributed by atoms with Gasteiger partial charge in [0.15, 0.2) is 12.2 Å². The molecule has 1 heterocycles. The zero-order valence-corrected chi connectivity index (χ0v) is 32.5. The van der Waals surface area contributed by atoms with Crippen LogP contribution in [0.15, 0.2) is 156 Å². The van der Waals surface area contributed by atoms with E-state index in [1.54, 1.807) is 60.7 Å². The van der Waals surface area contributed by atoms with E-state index in [0.29, 0.717) is 11.1 Å². The Kier molecular flexibility index (Phi) is 12.4. The Balaban J connectivity index is 1.47. The summed E-state index contributed by atoms with van der Waals surface area (Å²) in [6.07, 6.45) is -3.43. The molecule has 1 saturated heterocycles. The van der Waals surface area contributed by atoms with Gasteiger partial charge in [-0.2, -0.15) is 0 Å². The number of ether oxygens (including phenoxy) is 3. The van der Waals surface area contributed by atoms with Crippen molar-refractivity contribution in [3.05, 3.63) is 173 Å². The van der Waals surface area contributed by atoms with Gasteiger partial charge in [0.25, 0.3) is 8.32 Å². The smallest absolute Gasteiger partial charge is 0.338 e. The molecule has 1 aliphatic heterocycles. The fourth-order valence-electron chi connectivity index (χ4n) is 6.83. The molecule has 1 aliphatic rings. The predicted octanol–water partition coefficient (Wildman–Crippen LogP) is 8.52. The Labute approximate surface area is 321 Å². The first kappa shape index (κ1) is 38.6. The maximum absolute atomic E-state index is 13.9. The van der Waals surface area contributed by atoms with Crippen LogP contribution in [0.4, 0.5) is 0 Å². The third kappa shape index (κ3) is 8.62. The normalized spacial score (nSPS) is 20.0. The average Bonchev–Trinajstić information content (AvgIpc) is 3.19. The lowest BCUT2D eigenvalue weighted by atomic mass is 9.97. The van der Waals surface area contributed by atoms with Gasteiger partial charge in [-0.1, -0.05) is 152 Å². The molecule has 54 heavy (non-hydrogen) atoms. The minimum absolute atomic E-state index is 0.0344. The van der Waals surface area contributed by atoms with Crippen LogP contribution in [0, 0.1) is 6.92 Å². The second kappa shape index (κ2) is 17.3. The number of hydrogen-bond acceptors (Lipinski definition) is 8. The van der Waals surface area contributed by atoms with E-state index in [1.807, 2.05) is 67.6 Å². The average molecular weight is 758 g/mol. The van der Waals surface area contributed by atoms with Crippen molar-refractivity contribution in [2.45, 2.75) is 67.4 Å². The largest absolute Gasteiger partial charge is 0.454 e. The van der Waals surface area contributed by atoms with E-state index in [4.69, 9.17) is 18.6 Å². The lowest BCUT2D eigenvalue weighted by Gasteiger charge is -2.47. The first-order valence-electron chi connectivity index (χ1n) is 17.8. The van der Waals surface area contributed by atoms with Gasteiger partial charge >= 0.3 is 11.9 Å². The first-order valence-corrected chi connectivity index (χ1v) is 20.6. The number of thioether (sulfide) groups is 1. The fourth-order valence-corrected chi connectivity index (χ4v) is 12.5. The van der Waals surface area contributed by atoms with Crippen molar-refractivity contribution in [2.24, 2.45) is 5.11 Å². The molecule has 5 aromatic carbocycles.